The molecule has 0 aliphatic carbocycles. The number of halogens is 8. The summed E-state index contributed by atoms with van der Waals surface area (Å²) in [5.74, 6) is -0.705. The van der Waals surface area contributed by atoms with Gasteiger partial charge in [0.1, 0.15) is 5.82 Å². The van der Waals surface area contributed by atoms with Crippen molar-refractivity contribution in [1.82, 2.24) is 0 Å². The Hall–Kier alpha value is -2.07. The maximum Gasteiger partial charge on any atom is 0.416 e. The van der Waals surface area contributed by atoms with Gasteiger partial charge in [-0.25, -0.2) is 4.39 Å². The molecule has 11 heteroatoms. The van der Waals surface area contributed by atoms with E-state index in [1.165, 1.54) is 6.07 Å². The Kier molecular flexibility index (Phi) is 5.67. The number of rotatable bonds is 2. The minimum Gasteiger partial charge on any atom is -0.332 e. The van der Waals surface area contributed by atoms with Gasteiger partial charge in [0.15, 0.2) is 5.11 Å². The van der Waals surface area contributed by atoms with E-state index in [4.69, 9.17) is 23.8 Å². The van der Waals surface area contributed by atoms with Crippen LogP contribution in [0.3, 0.4) is 0 Å². The fourth-order valence-electron chi connectivity index (χ4n) is 1.89. The highest BCUT2D eigenvalue weighted by molar-refractivity contribution is 7.80. The predicted octanol–water partition coefficient (Wildman–Crippen LogP) is 6.33. The maximum absolute atomic E-state index is 13.1. The topological polar surface area (TPSA) is 24.1 Å². The van der Waals surface area contributed by atoms with Gasteiger partial charge < -0.3 is 10.6 Å². The Morgan fingerprint density at radius 1 is 0.808 bits per heavy atom. The van der Waals surface area contributed by atoms with Gasteiger partial charge in [-0.1, -0.05) is 11.6 Å². The predicted molar refractivity (Wildman–Crippen MR) is 87.7 cm³/mol. The van der Waals surface area contributed by atoms with Crippen molar-refractivity contribution in [2.45, 2.75) is 12.4 Å². The first-order valence-electron chi connectivity index (χ1n) is 6.69. The molecule has 26 heavy (non-hydrogen) atoms. The molecule has 0 unspecified atom stereocenters. The second kappa shape index (κ2) is 7.28. The number of hydrogen-bond acceptors (Lipinski definition) is 1. The van der Waals surface area contributed by atoms with Crippen LogP contribution in [0.15, 0.2) is 36.4 Å². The second-order valence-corrected chi connectivity index (χ2v) is 5.82. The van der Waals surface area contributed by atoms with Gasteiger partial charge in [0.2, 0.25) is 0 Å². The molecule has 0 radical (unpaired) electrons. The maximum atomic E-state index is 13.1. The molecule has 2 N–H and O–H groups in total. The van der Waals surface area contributed by atoms with Gasteiger partial charge in [0, 0.05) is 11.4 Å². The summed E-state index contributed by atoms with van der Waals surface area (Å²) in [6.07, 6.45) is -9.95. The summed E-state index contributed by atoms with van der Waals surface area (Å²) in [7, 11) is 0. The van der Waals surface area contributed by atoms with Crippen LogP contribution < -0.4 is 10.6 Å². The molecular weight excluding hydrogens is 409 g/mol. The molecule has 0 heterocycles. The van der Waals surface area contributed by atoms with Crippen molar-refractivity contribution in [1.29, 1.82) is 0 Å². The van der Waals surface area contributed by atoms with Crippen molar-refractivity contribution in [2.75, 3.05) is 10.6 Å². The average molecular weight is 417 g/mol. The smallest absolute Gasteiger partial charge is 0.332 e. The molecule has 2 rings (SSSR count). The lowest BCUT2D eigenvalue weighted by atomic mass is 10.1. The zero-order valence-electron chi connectivity index (χ0n) is 12.4. The van der Waals surface area contributed by atoms with Crippen LogP contribution in [-0.2, 0) is 12.4 Å². The summed E-state index contributed by atoms with van der Waals surface area (Å²) in [6, 6.07) is 4.38. The normalized spacial score (nSPS) is 12.0. The molecule has 2 nitrogen and oxygen atoms in total. The molecule has 0 bridgehead atoms. The summed E-state index contributed by atoms with van der Waals surface area (Å²) in [4.78, 5) is 0. The summed E-state index contributed by atoms with van der Waals surface area (Å²) >= 11 is 10.4. The number of hydrogen-bond donors (Lipinski definition) is 2. The van der Waals surface area contributed by atoms with Gasteiger partial charge in [-0.3, -0.25) is 0 Å². The van der Waals surface area contributed by atoms with Crippen LogP contribution in [0.4, 0.5) is 42.1 Å². The molecule has 2 aromatic rings. The lowest BCUT2D eigenvalue weighted by Crippen LogP contribution is -2.20. The van der Waals surface area contributed by atoms with Crippen LogP contribution in [0.25, 0.3) is 0 Å². The third-order valence-electron chi connectivity index (χ3n) is 3.02. The van der Waals surface area contributed by atoms with Gasteiger partial charge in [-0.15, -0.1) is 0 Å². The number of anilines is 2. The minimum absolute atomic E-state index is 0.00139. The lowest BCUT2D eigenvalue weighted by molar-refractivity contribution is -0.143. The Bertz CT molecular complexity index is 801. The second-order valence-electron chi connectivity index (χ2n) is 5.00. The molecule has 0 saturated carbocycles. The van der Waals surface area contributed by atoms with E-state index in [-0.39, 0.29) is 21.9 Å². The van der Waals surface area contributed by atoms with Crippen molar-refractivity contribution < 1.29 is 30.7 Å². The van der Waals surface area contributed by atoms with Gasteiger partial charge in [0.05, 0.1) is 16.1 Å². The summed E-state index contributed by atoms with van der Waals surface area (Å²) in [6.45, 7) is 0. The van der Waals surface area contributed by atoms with E-state index in [0.29, 0.717) is 12.1 Å². The van der Waals surface area contributed by atoms with E-state index in [2.05, 4.69) is 10.6 Å². The van der Waals surface area contributed by atoms with Crippen molar-refractivity contribution in [3.63, 3.8) is 0 Å². The van der Waals surface area contributed by atoms with Crippen LogP contribution in [0.1, 0.15) is 11.1 Å². The summed E-state index contributed by atoms with van der Waals surface area (Å²) in [5, 5.41) is 4.17. The van der Waals surface area contributed by atoms with Crippen LogP contribution in [-0.4, -0.2) is 5.11 Å². The van der Waals surface area contributed by atoms with Gasteiger partial charge in [-0.2, -0.15) is 26.3 Å². The van der Waals surface area contributed by atoms with Crippen LogP contribution >= 0.6 is 23.8 Å². The summed E-state index contributed by atoms with van der Waals surface area (Å²) < 4.78 is 89.9. The van der Waals surface area contributed by atoms with E-state index < -0.39 is 35.0 Å². The fraction of sp³-hybridized carbons (Fsp3) is 0.133. The quantitative estimate of drug-likeness (QED) is 0.442. The van der Waals surface area contributed by atoms with Crippen LogP contribution in [0.2, 0.25) is 5.02 Å². The largest absolute Gasteiger partial charge is 0.416 e. The first-order chi connectivity index (χ1) is 11.9. The zero-order valence-corrected chi connectivity index (χ0v) is 14.0. The van der Waals surface area contributed by atoms with Crippen LogP contribution in [0, 0.1) is 5.82 Å². The molecule has 0 aliphatic heterocycles. The molecule has 0 fully saturated rings. The van der Waals surface area contributed by atoms with Crippen molar-refractivity contribution in [2.24, 2.45) is 0 Å². The molecular formula is C15H8ClF7N2S. The van der Waals surface area contributed by atoms with E-state index in [1.54, 1.807) is 0 Å². The molecule has 0 aliphatic rings. The zero-order chi connectivity index (χ0) is 19.7. The monoisotopic (exact) mass is 416 g/mol. The third-order valence-corrected chi connectivity index (χ3v) is 3.52. The lowest BCUT2D eigenvalue weighted by Gasteiger charge is -2.16. The van der Waals surface area contributed by atoms with Crippen molar-refractivity contribution in [3.8, 4) is 0 Å². The first kappa shape index (κ1) is 20.2. The highest BCUT2D eigenvalue weighted by atomic mass is 35.5. The van der Waals surface area contributed by atoms with E-state index in [0.717, 1.165) is 12.1 Å². The van der Waals surface area contributed by atoms with Gasteiger partial charge in [0.25, 0.3) is 0 Å². The van der Waals surface area contributed by atoms with E-state index in [1.807, 2.05) is 0 Å². The van der Waals surface area contributed by atoms with E-state index >= 15 is 0 Å². The van der Waals surface area contributed by atoms with Crippen LogP contribution in [0.5, 0.6) is 0 Å². The molecule has 0 amide bonds. The third kappa shape index (κ3) is 5.21. The Morgan fingerprint density at radius 3 is 1.77 bits per heavy atom. The standard InChI is InChI=1S/C15H8ClF7N2S/c16-11-6-9(1-2-12(11)17)24-13(26)25-10-4-7(14(18,19)20)3-8(5-10)15(21,22)23/h1-6H,(H2,24,25,26). The Morgan fingerprint density at radius 2 is 1.31 bits per heavy atom. The van der Waals surface area contributed by atoms with Gasteiger partial charge >= 0.3 is 12.4 Å². The average Bonchev–Trinajstić information content (AvgIpc) is 2.49. The number of benzene rings is 2. The molecule has 0 saturated heterocycles. The molecule has 0 aromatic heterocycles. The Balaban J connectivity index is 2.27. The van der Waals surface area contributed by atoms with E-state index in [9.17, 15) is 30.7 Å². The molecule has 0 atom stereocenters. The fourth-order valence-corrected chi connectivity index (χ4v) is 2.31. The molecule has 140 valence electrons. The molecule has 0 spiro atoms. The SMILES string of the molecule is Fc1ccc(NC(=S)Nc2cc(C(F)(F)F)cc(C(F)(F)F)c2)cc1Cl. The minimum atomic E-state index is -4.97. The Labute approximate surface area is 153 Å². The number of alkyl halides is 6. The molecule has 2 aromatic carbocycles. The number of thiocarbonyl (C=S) groups is 1. The van der Waals surface area contributed by atoms with Crippen molar-refractivity contribution in [3.05, 3.63) is 58.4 Å². The highest BCUT2D eigenvalue weighted by Gasteiger charge is 2.37. The highest BCUT2D eigenvalue weighted by Crippen LogP contribution is 2.37. The first-order valence-corrected chi connectivity index (χ1v) is 7.47. The number of nitrogens with one attached hydrogen (secondary N) is 2. The van der Waals surface area contributed by atoms with Gasteiger partial charge in [-0.05, 0) is 48.6 Å². The summed E-state index contributed by atoms with van der Waals surface area (Å²) in [5.41, 5.74) is -3.29. The van der Waals surface area contributed by atoms with Crippen molar-refractivity contribution >= 4 is 40.3 Å².